The van der Waals surface area contributed by atoms with Crippen molar-refractivity contribution in [2.45, 2.75) is 104 Å². The number of ether oxygens (including phenoxy) is 1. The number of carbonyl (C=O) groups excluding carboxylic acids is 1. The highest BCUT2D eigenvalue weighted by Gasteiger charge is 2.61. The second-order valence-electron chi connectivity index (χ2n) is 10.5. The van der Waals surface area contributed by atoms with E-state index >= 15 is 0 Å². The zero-order valence-corrected chi connectivity index (χ0v) is 18.5. The molecule has 0 bridgehead atoms. The van der Waals surface area contributed by atoms with E-state index in [0.29, 0.717) is 23.7 Å². The minimum absolute atomic E-state index is 0.0194. The van der Waals surface area contributed by atoms with Gasteiger partial charge in [0.25, 0.3) is 0 Å². The monoisotopic (exact) mass is 394 g/mol. The van der Waals surface area contributed by atoms with Crippen LogP contribution in [0.2, 0.25) is 0 Å². The van der Waals surface area contributed by atoms with E-state index in [0.717, 1.165) is 64.2 Å². The van der Waals surface area contributed by atoms with Gasteiger partial charge in [0.2, 0.25) is 0 Å². The lowest BCUT2D eigenvalue weighted by molar-refractivity contribution is -0.182. The molecule has 0 aromatic carbocycles. The number of rotatable bonds is 7. The van der Waals surface area contributed by atoms with E-state index in [9.17, 15) is 15.0 Å². The lowest BCUT2D eigenvalue weighted by Gasteiger charge is -2.60. The summed E-state index contributed by atoms with van der Waals surface area (Å²) in [5.74, 6) is 1.86. The summed E-state index contributed by atoms with van der Waals surface area (Å²) in [5, 5.41) is 20.3. The number of carbonyl (C=O) groups is 1. The van der Waals surface area contributed by atoms with Crippen LogP contribution < -0.4 is 0 Å². The maximum atomic E-state index is 12.0. The molecule has 0 unspecified atom stereocenters. The van der Waals surface area contributed by atoms with E-state index in [1.807, 2.05) is 0 Å². The fourth-order valence-corrected chi connectivity index (χ4v) is 7.65. The van der Waals surface area contributed by atoms with Crippen LogP contribution in [0.1, 0.15) is 91.9 Å². The second-order valence-corrected chi connectivity index (χ2v) is 10.5. The van der Waals surface area contributed by atoms with Crippen molar-refractivity contribution in [1.29, 1.82) is 0 Å². The number of fused-ring (bicyclic) bond motifs is 3. The fraction of sp³-hybridized carbons (Fsp3) is 0.958. The van der Waals surface area contributed by atoms with E-state index in [-0.39, 0.29) is 35.6 Å². The van der Waals surface area contributed by atoms with Crippen molar-refractivity contribution in [3.05, 3.63) is 0 Å². The maximum Gasteiger partial charge on any atom is 0.302 e. The van der Waals surface area contributed by atoms with Crippen LogP contribution in [-0.4, -0.2) is 35.0 Å². The molecule has 8 atom stereocenters. The Hall–Kier alpha value is -0.610. The first-order valence-corrected chi connectivity index (χ1v) is 11.7. The van der Waals surface area contributed by atoms with Gasteiger partial charge in [-0.3, -0.25) is 4.79 Å². The third-order valence-corrected chi connectivity index (χ3v) is 9.09. The van der Waals surface area contributed by atoms with Crippen molar-refractivity contribution in [2.24, 2.45) is 34.5 Å². The lowest BCUT2D eigenvalue weighted by atomic mass is 9.45. The topological polar surface area (TPSA) is 66.8 Å². The first-order valence-electron chi connectivity index (χ1n) is 11.7. The molecule has 0 spiro atoms. The Morgan fingerprint density at radius 3 is 2.54 bits per heavy atom. The van der Waals surface area contributed by atoms with Gasteiger partial charge in [0.1, 0.15) is 6.10 Å². The average Bonchev–Trinajstić information content (AvgIpc) is 2.94. The van der Waals surface area contributed by atoms with Crippen LogP contribution in [0, 0.1) is 34.5 Å². The normalized spacial score (nSPS) is 45.4. The van der Waals surface area contributed by atoms with Crippen LogP contribution >= 0.6 is 0 Å². The summed E-state index contributed by atoms with van der Waals surface area (Å²) >= 11 is 0. The molecule has 3 aliphatic carbocycles. The predicted octanol–water partition coefficient (Wildman–Crippen LogP) is 4.71. The minimum atomic E-state index is -0.188. The van der Waals surface area contributed by atoms with Crippen molar-refractivity contribution in [3.63, 3.8) is 0 Å². The zero-order valence-electron chi connectivity index (χ0n) is 18.5. The summed E-state index contributed by atoms with van der Waals surface area (Å²) in [6.45, 7) is 8.71. The van der Waals surface area contributed by atoms with Crippen LogP contribution in [0.25, 0.3) is 0 Å². The number of aliphatic hydroxyl groups excluding tert-OH is 2. The molecule has 0 saturated heterocycles. The quantitative estimate of drug-likeness (QED) is 0.614. The van der Waals surface area contributed by atoms with E-state index in [2.05, 4.69) is 20.8 Å². The van der Waals surface area contributed by atoms with Gasteiger partial charge < -0.3 is 14.9 Å². The molecule has 4 heteroatoms. The molecule has 162 valence electrons. The van der Waals surface area contributed by atoms with Crippen molar-refractivity contribution in [1.82, 2.24) is 0 Å². The molecule has 4 nitrogen and oxygen atoms in total. The zero-order chi connectivity index (χ0) is 20.5. The first-order chi connectivity index (χ1) is 13.3. The Bertz CT molecular complexity index is 549. The molecule has 0 aromatic rings. The molecule has 0 radical (unpaired) electrons. The Kier molecular flexibility index (Phi) is 6.81. The second kappa shape index (κ2) is 8.63. The molecular weight excluding hydrogens is 352 g/mol. The minimum Gasteiger partial charge on any atom is -0.462 e. The SMILES string of the molecule is CCCC[C@@H]1[C@@H](OC(C)=O)C[C@@H]2[C@H](CC[C@]3(C)[C@@H](O)CC[C@@H]23)[C@@]1(C)CCCO. The molecule has 0 aliphatic heterocycles. The summed E-state index contributed by atoms with van der Waals surface area (Å²) in [4.78, 5) is 12.0. The maximum absolute atomic E-state index is 12.0. The molecule has 3 rings (SSSR count). The van der Waals surface area contributed by atoms with Gasteiger partial charge in [0.15, 0.2) is 0 Å². The van der Waals surface area contributed by atoms with Crippen LogP contribution in [-0.2, 0) is 9.53 Å². The Morgan fingerprint density at radius 1 is 1.14 bits per heavy atom. The largest absolute Gasteiger partial charge is 0.462 e. The summed E-state index contributed by atoms with van der Waals surface area (Å²) < 4.78 is 5.97. The molecule has 0 heterocycles. The van der Waals surface area contributed by atoms with E-state index in [4.69, 9.17) is 4.74 Å². The van der Waals surface area contributed by atoms with Gasteiger partial charge in [0.05, 0.1) is 6.10 Å². The van der Waals surface area contributed by atoms with E-state index in [1.54, 1.807) is 6.92 Å². The van der Waals surface area contributed by atoms with Gasteiger partial charge in [-0.1, -0.05) is 33.6 Å². The summed E-state index contributed by atoms with van der Waals surface area (Å²) in [6, 6.07) is 0. The van der Waals surface area contributed by atoms with Gasteiger partial charge in [-0.25, -0.2) is 0 Å². The highest BCUT2D eigenvalue weighted by molar-refractivity contribution is 5.66. The Balaban J connectivity index is 1.96. The molecule has 0 amide bonds. The molecule has 3 fully saturated rings. The molecule has 3 saturated carbocycles. The number of aliphatic hydroxyl groups is 2. The van der Waals surface area contributed by atoms with Crippen LogP contribution in [0.3, 0.4) is 0 Å². The van der Waals surface area contributed by atoms with Gasteiger partial charge in [-0.15, -0.1) is 0 Å². The molecule has 0 aromatic heterocycles. The fourth-order valence-electron chi connectivity index (χ4n) is 7.65. The molecule has 2 N–H and O–H groups in total. The number of unbranched alkanes of at least 4 members (excludes halogenated alkanes) is 1. The van der Waals surface area contributed by atoms with E-state index < -0.39 is 0 Å². The standard InChI is InChI=1S/C24H42O4/c1-5-6-8-20-21(28-16(2)26)15-17-18-9-10-22(27)24(18,4)13-11-19(17)23(20,3)12-7-14-25/h17-22,25,27H,5-15H2,1-4H3/t17-,18-,19-,20+,21-,22-,23+,24-/m0/s1. The Morgan fingerprint density at radius 2 is 1.89 bits per heavy atom. The number of hydrogen-bond acceptors (Lipinski definition) is 4. The van der Waals surface area contributed by atoms with Gasteiger partial charge >= 0.3 is 5.97 Å². The van der Waals surface area contributed by atoms with Crippen LogP contribution in [0.5, 0.6) is 0 Å². The molecule has 3 aliphatic rings. The summed E-state index contributed by atoms with van der Waals surface area (Å²) in [6.07, 6.45) is 10.3. The van der Waals surface area contributed by atoms with Gasteiger partial charge in [-0.2, -0.15) is 0 Å². The van der Waals surface area contributed by atoms with Gasteiger partial charge in [-0.05, 0) is 80.0 Å². The van der Waals surface area contributed by atoms with Crippen molar-refractivity contribution < 1.29 is 19.7 Å². The number of hydrogen-bond donors (Lipinski definition) is 2. The number of esters is 1. The third-order valence-electron chi connectivity index (χ3n) is 9.09. The van der Waals surface area contributed by atoms with Gasteiger partial charge in [0, 0.05) is 19.4 Å². The van der Waals surface area contributed by atoms with Crippen molar-refractivity contribution in [3.8, 4) is 0 Å². The van der Waals surface area contributed by atoms with Crippen molar-refractivity contribution in [2.75, 3.05) is 6.61 Å². The Labute approximate surface area is 171 Å². The lowest BCUT2D eigenvalue weighted by Crippen LogP contribution is -2.57. The smallest absolute Gasteiger partial charge is 0.302 e. The van der Waals surface area contributed by atoms with Crippen LogP contribution in [0.15, 0.2) is 0 Å². The predicted molar refractivity (Wildman–Crippen MR) is 111 cm³/mol. The molecular formula is C24H42O4. The molecule has 28 heavy (non-hydrogen) atoms. The highest BCUT2D eigenvalue weighted by atomic mass is 16.5. The first kappa shape index (κ1) is 22.1. The average molecular weight is 395 g/mol. The van der Waals surface area contributed by atoms with E-state index in [1.165, 1.54) is 0 Å². The van der Waals surface area contributed by atoms with Crippen LogP contribution in [0.4, 0.5) is 0 Å². The highest BCUT2D eigenvalue weighted by Crippen LogP contribution is 2.65. The third kappa shape index (κ3) is 3.76. The summed E-state index contributed by atoms with van der Waals surface area (Å²) in [5.41, 5.74) is 0.117. The summed E-state index contributed by atoms with van der Waals surface area (Å²) in [7, 11) is 0. The van der Waals surface area contributed by atoms with Crippen molar-refractivity contribution >= 4 is 5.97 Å².